The molecule has 150 valence electrons. The van der Waals surface area contributed by atoms with Crippen molar-refractivity contribution in [2.75, 3.05) is 13.1 Å². The third-order valence-electron chi connectivity index (χ3n) is 6.00. The first-order valence-corrected chi connectivity index (χ1v) is 9.66. The van der Waals surface area contributed by atoms with Crippen LogP contribution in [0.25, 0.3) is 0 Å². The SMILES string of the molecule is Cc1cc2c(cc1C)C(=O)CC1(CCN(C(=O)c3ccccc3[N+](=O)[O-])CC1)O2. The molecule has 4 rings (SSSR count). The van der Waals surface area contributed by atoms with Gasteiger partial charge in [0.15, 0.2) is 5.78 Å². The van der Waals surface area contributed by atoms with Crippen LogP contribution in [-0.4, -0.2) is 40.2 Å². The Hall–Kier alpha value is -3.22. The van der Waals surface area contributed by atoms with Gasteiger partial charge in [0.1, 0.15) is 16.9 Å². The van der Waals surface area contributed by atoms with Gasteiger partial charge in [-0.1, -0.05) is 12.1 Å². The van der Waals surface area contributed by atoms with Crippen molar-refractivity contribution in [2.24, 2.45) is 0 Å². The number of nitrogens with zero attached hydrogens (tertiary/aromatic N) is 2. The molecule has 0 radical (unpaired) electrons. The number of para-hydroxylation sites is 1. The van der Waals surface area contributed by atoms with Crippen LogP contribution in [0.15, 0.2) is 36.4 Å². The summed E-state index contributed by atoms with van der Waals surface area (Å²) in [4.78, 5) is 37.9. The highest BCUT2D eigenvalue weighted by molar-refractivity contribution is 6.01. The third-order valence-corrected chi connectivity index (χ3v) is 6.00. The summed E-state index contributed by atoms with van der Waals surface area (Å²) in [6.07, 6.45) is 1.31. The topological polar surface area (TPSA) is 89.8 Å². The summed E-state index contributed by atoms with van der Waals surface area (Å²) in [5.74, 6) is 0.316. The number of amides is 1. The summed E-state index contributed by atoms with van der Waals surface area (Å²) >= 11 is 0. The first-order valence-electron chi connectivity index (χ1n) is 9.66. The van der Waals surface area contributed by atoms with E-state index >= 15 is 0 Å². The van der Waals surface area contributed by atoms with Crippen LogP contribution in [0.3, 0.4) is 0 Å². The molecule has 1 amide bonds. The normalized spacial score (nSPS) is 17.6. The molecule has 0 aromatic heterocycles. The number of hydrogen-bond acceptors (Lipinski definition) is 5. The van der Waals surface area contributed by atoms with Crippen LogP contribution in [0.2, 0.25) is 0 Å². The highest BCUT2D eigenvalue weighted by Gasteiger charge is 2.44. The molecular weight excluding hydrogens is 372 g/mol. The van der Waals surface area contributed by atoms with Gasteiger partial charge in [0, 0.05) is 32.0 Å². The molecule has 1 saturated heterocycles. The summed E-state index contributed by atoms with van der Waals surface area (Å²) in [5.41, 5.74) is 2.02. The number of nitro benzene ring substituents is 1. The van der Waals surface area contributed by atoms with Crippen molar-refractivity contribution in [3.63, 3.8) is 0 Å². The number of fused-ring (bicyclic) bond motifs is 1. The van der Waals surface area contributed by atoms with E-state index in [0.29, 0.717) is 37.2 Å². The lowest BCUT2D eigenvalue weighted by atomic mass is 9.81. The van der Waals surface area contributed by atoms with Gasteiger partial charge in [0.25, 0.3) is 11.6 Å². The maximum absolute atomic E-state index is 12.9. The summed E-state index contributed by atoms with van der Waals surface area (Å²) in [7, 11) is 0. The van der Waals surface area contributed by atoms with Gasteiger partial charge in [-0.05, 0) is 43.2 Å². The largest absolute Gasteiger partial charge is 0.486 e. The average Bonchev–Trinajstić information content (AvgIpc) is 2.70. The Labute approximate surface area is 168 Å². The number of benzene rings is 2. The zero-order valence-corrected chi connectivity index (χ0v) is 16.4. The molecule has 29 heavy (non-hydrogen) atoms. The second kappa shape index (κ2) is 6.99. The molecule has 2 aromatic rings. The molecule has 0 unspecified atom stereocenters. The Kier molecular flexibility index (Phi) is 4.61. The molecule has 0 bridgehead atoms. The number of carbonyl (C=O) groups excluding carboxylic acids is 2. The van der Waals surface area contributed by atoms with Gasteiger partial charge in [0.2, 0.25) is 0 Å². The fraction of sp³-hybridized carbons (Fsp3) is 0.364. The predicted molar refractivity (Wildman–Crippen MR) is 106 cm³/mol. The minimum atomic E-state index is -0.620. The smallest absolute Gasteiger partial charge is 0.282 e. The van der Waals surface area contributed by atoms with E-state index in [-0.39, 0.29) is 29.4 Å². The lowest BCUT2D eigenvalue weighted by Crippen LogP contribution is -2.52. The van der Waals surface area contributed by atoms with Crippen molar-refractivity contribution < 1.29 is 19.2 Å². The van der Waals surface area contributed by atoms with Gasteiger partial charge < -0.3 is 9.64 Å². The minimum Gasteiger partial charge on any atom is -0.486 e. The van der Waals surface area contributed by atoms with Crippen molar-refractivity contribution in [3.05, 3.63) is 68.8 Å². The van der Waals surface area contributed by atoms with E-state index in [4.69, 9.17) is 4.74 Å². The van der Waals surface area contributed by atoms with Crippen molar-refractivity contribution in [1.82, 2.24) is 4.90 Å². The van der Waals surface area contributed by atoms with Crippen LogP contribution in [0, 0.1) is 24.0 Å². The van der Waals surface area contributed by atoms with Crippen molar-refractivity contribution in [1.29, 1.82) is 0 Å². The molecule has 0 saturated carbocycles. The molecule has 2 aromatic carbocycles. The number of carbonyl (C=O) groups is 2. The Morgan fingerprint density at radius 3 is 2.48 bits per heavy atom. The number of piperidine rings is 1. The second-order valence-corrected chi connectivity index (χ2v) is 7.88. The Morgan fingerprint density at radius 1 is 1.14 bits per heavy atom. The van der Waals surface area contributed by atoms with Crippen LogP contribution in [0.5, 0.6) is 5.75 Å². The highest BCUT2D eigenvalue weighted by atomic mass is 16.6. The van der Waals surface area contributed by atoms with Crippen molar-refractivity contribution >= 4 is 17.4 Å². The lowest BCUT2D eigenvalue weighted by molar-refractivity contribution is -0.385. The summed E-state index contributed by atoms with van der Waals surface area (Å²) in [6, 6.07) is 9.77. The van der Waals surface area contributed by atoms with Crippen LogP contribution >= 0.6 is 0 Å². The fourth-order valence-corrected chi connectivity index (χ4v) is 4.13. The van der Waals surface area contributed by atoms with Crippen LogP contribution < -0.4 is 4.74 Å². The minimum absolute atomic E-state index is 0.0628. The van der Waals surface area contributed by atoms with E-state index in [1.807, 2.05) is 26.0 Å². The van der Waals surface area contributed by atoms with Crippen molar-refractivity contribution in [2.45, 2.75) is 38.7 Å². The lowest BCUT2D eigenvalue weighted by Gasteiger charge is -2.44. The van der Waals surface area contributed by atoms with E-state index < -0.39 is 10.5 Å². The quantitative estimate of drug-likeness (QED) is 0.570. The summed E-state index contributed by atoms with van der Waals surface area (Å²) in [5, 5.41) is 11.2. The maximum Gasteiger partial charge on any atom is 0.282 e. The summed E-state index contributed by atoms with van der Waals surface area (Å²) in [6.45, 7) is 4.73. The number of aryl methyl sites for hydroxylation is 2. The molecule has 2 aliphatic heterocycles. The first kappa shape index (κ1) is 19.1. The molecule has 0 aliphatic carbocycles. The second-order valence-electron chi connectivity index (χ2n) is 7.88. The number of ketones is 1. The number of nitro groups is 1. The molecule has 2 aliphatic rings. The van der Waals surface area contributed by atoms with Gasteiger partial charge in [-0.25, -0.2) is 0 Å². The number of Topliss-reactive ketones (excluding diaryl/α,β-unsaturated/α-hetero) is 1. The van der Waals surface area contributed by atoms with Crippen molar-refractivity contribution in [3.8, 4) is 5.75 Å². The highest BCUT2D eigenvalue weighted by Crippen LogP contribution is 2.40. The van der Waals surface area contributed by atoms with E-state index in [9.17, 15) is 19.7 Å². The number of rotatable bonds is 2. The third kappa shape index (κ3) is 3.37. The number of likely N-dealkylation sites (tertiary alicyclic amines) is 1. The van der Waals surface area contributed by atoms with Gasteiger partial charge >= 0.3 is 0 Å². The molecule has 1 fully saturated rings. The number of hydrogen-bond donors (Lipinski definition) is 0. The van der Waals surface area contributed by atoms with E-state index in [2.05, 4.69) is 0 Å². The zero-order chi connectivity index (χ0) is 20.8. The van der Waals surface area contributed by atoms with E-state index in [1.54, 1.807) is 17.0 Å². The average molecular weight is 394 g/mol. The van der Waals surface area contributed by atoms with Crippen LogP contribution in [0.4, 0.5) is 5.69 Å². The predicted octanol–water partition coefficient (Wildman–Crippen LogP) is 3.85. The van der Waals surface area contributed by atoms with E-state index in [1.165, 1.54) is 12.1 Å². The fourth-order valence-electron chi connectivity index (χ4n) is 4.13. The maximum atomic E-state index is 12.9. The molecule has 0 N–H and O–H groups in total. The van der Waals surface area contributed by atoms with Crippen LogP contribution in [0.1, 0.15) is 51.1 Å². The molecular formula is C22H22N2O5. The Morgan fingerprint density at radius 2 is 1.79 bits per heavy atom. The van der Waals surface area contributed by atoms with E-state index in [0.717, 1.165) is 11.1 Å². The molecule has 0 atom stereocenters. The van der Waals surface area contributed by atoms with Gasteiger partial charge in [-0.15, -0.1) is 0 Å². The van der Waals surface area contributed by atoms with Gasteiger partial charge in [0.05, 0.1) is 16.9 Å². The molecule has 2 heterocycles. The number of ether oxygens (including phenoxy) is 1. The summed E-state index contributed by atoms with van der Waals surface area (Å²) < 4.78 is 6.30. The zero-order valence-electron chi connectivity index (χ0n) is 16.4. The monoisotopic (exact) mass is 394 g/mol. The first-order chi connectivity index (χ1) is 13.8. The standard InChI is InChI=1S/C22H22N2O5/c1-14-11-17-19(25)13-22(29-20(17)12-15(14)2)7-9-23(10-8-22)21(26)16-5-3-4-6-18(16)24(27)28/h3-6,11-12H,7-10,13H2,1-2H3. The van der Waals surface area contributed by atoms with Crippen LogP contribution in [-0.2, 0) is 0 Å². The van der Waals surface area contributed by atoms with Gasteiger partial charge in [-0.3, -0.25) is 19.7 Å². The molecule has 1 spiro atoms. The van der Waals surface area contributed by atoms with Gasteiger partial charge in [-0.2, -0.15) is 0 Å². The Balaban J connectivity index is 1.52. The molecule has 7 nitrogen and oxygen atoms in total. The Bertz CT molecular complexity index is 1020. The molecule has 7 heteroatoms.